The fourth-order valence-electron chi connectivity index (χ4n) is 1.24. The first kappa shape index (κ1) is 12.2. The van der Waals surface area contributed by atoms with Crippen LogP contribution in [0.4, 0.5) is 0 Å². The Bertz CT molecular complexity index is 283. The minimum atomic E-state index is 0.136. The second kappa shape index (κ2) is 5.88. The van der Waals surface area contributed by atoms with Gasteiger partial charge in [-0.2, -0.15) is 5.10 Å². The van der Waals surface area contributed by atoms with Crippen LogP contribution in [-0.4, -0.2) is 27.5 Å². The van der Waals surface area contributed by atoms with E-state index < -0.39 is 0 Å². The van der Waals surface area contributed by atoms with Crippen LogP contribution in [0.15, 0.2) is 12.4 Å². The van der Waals surface area contributed by atoms with Crippen molar-refractivity contribution in [3.8, 4) is 0 Å². The highest BCUT2D eigenvalue weighted by Gasteiger charge is 2.06. The van der Waals surface area contributed by atoms with E-state index in [-0.39, 0.29) is 6.61 Å². The van der Waals surface area contributed by atoms with Gasteiger partial charge in [-0.05, 0) is 12.8 Å². The molecule has 86 valence electrons. The molecule has 0 aliphatic carbocycles. The highest BCUT2D eigenvalue weighted by atomic mass is 16.3. The van der Waals surface area contributed by atoms with Crippen molar-refractivity contribution in [1.29, 1.82) is 0 Å². The van der Waals surface area contributed by atoms with E-state index in [1.54, 1.807) is 4.68 Å². The van der Waals surface area contributed by atoms with E-state index in [1.165, 1.54) is 0 Å². The maximum atomic E-state index is 8.74. The predicted octanol–water partition coefficient (Wildman–Crippen LogP) is 1.01. The fraction of sp³-hybridized carbons (Fsp3) is 0.727. The van der Waals surface area contributed by atoms with Gasteiger partial charge in [-0.3, -0.25) is 4.68 Å². The Balaban J connectivity index is 2.37. The molecule has 1 unspecified atom stereocenters. The SMILES string of the molecule is CC(C)C(C)NCc1cnn(CCO)c1. The molecule has 1 aromatic rings. The third-order valence-corrected chi connectivity index (χ3v) is 2.64. The number of nitrogens with one attached hydrogen (secondary N) is 1. The van der Waals surface area contributed by atoms with E-state index in [0.29, 0.717) is 18.5 Å². The number of hydrogen-bond acceptors (Lipinski definition) is 3. The molecule has 0 amide bonds. The van der Waals surface area contributed by atoms with Crippen LogP contribution in [0.3, 0.4) is 0 Å². The van der Waals surface area contributed by atoms with Crippen molar-refractivity contribution in [3.05, 3.63) is 18.0 Å². The van der Waals surface area contributed by atoms with Crippen LogP contribution in [0.5, 0.6) is 0 Å². The third kappa shape index (κ3) is 4.01. The fourth-order valence-corrected chi connectivity index (χ4v) is 1.24. The minimum Gasteiger partial charge on any atom is -0.394 e. The quantitative estimate of drug-likeness (QED) is 0.738. The molecule has 1 aromatic heterocycles. The molecule has 1 heterocycles. The Labute approximate surface area is 91.3 Å². The minimum absolute atomic E-state index is 0.136. The molecule has 4 nitrogen and oxygen atoms in total. The highest BCUT2D eigenvalue weighted by Crippen LogP contribution is 2.03. The van der Waals surface area contributed by atoms with Gasteiger partial charge in [0, 0.05) is 24.3 Å². The van der Waals surface area contributed by atoms with E-state index in [9.17, 15) is 0 Å². The van der Waals surface area contributed by atoms with E-state index in [0.717, 1.165) is 12.1 Å². The van der Waals surface area contributed by atoms with Crippen molar-refractivity contribution in [2.75, 3.05) is 6.61 Å². The summed E-state index contributed by atoms with van der Waals surface area (Å²) in [6.45, 7) is 8.13. The summed E-state index contributed by atoms with van der Waals surface area (Å²) in [6.07, 6.45) is 3.81. The van der Waals surface area contributed by atoms with Crippen LogP contribution < -0.4 is 5.32 Å². The first-order valence-electron chi connectivity index (χ1n) is 5.49. The van der Waals surface area contributed by atoms with Crippen molar-refractivity contribution in [2.24, 2.45) is 5.92 Å². The van der Waals surface area contributed by atoms with Gasteiger partial charge in [-0.25, -0.2) is 0 Å². The highest BCUT2D eigenvalue weighted by molar-refractivity contribution is 5.03. The number of aliphatic hydroxyl groups is 1. The summed E-state index contributed by atoms with van der Waals surface area (Å²) in [6, 6.07) is 0.506. The van der Waals surface area contributed by atoms with Crippen LogP contribution in [0.25, 0.3) is 0 Å². The van der Waals surface area contributed by atoms with Crippen LogP contribution in [-0.2, 0) is 13.1 Å². The van der Waals surface area contributed by atoms with Gasteiger partial charge >= 0.3 is 0 Å². The van der Waals surface area contributed by atoms with Gasteiger partial charge in [0.05, 0.1) is 19.3 Å². The summed E-state index contributed by atoms with van der Waals surface area (Å²) in [5, 5.41) is 16.3. The van der Waals surface area contributed by atoms with E-state index in [4.69, 9.17) is 5.11 Å². The first-order valence-corrected chi connectivity index (χ1v) is 5.49. The summed E-state index contributed by atoms with van der Waals surface area (Å²) in [7, 11) is 0. The molecule has 0 aromatic carbocycles. The van der Waals surface area contributed by atoms with Crippen LogP contribution >= 0.6 is 0 Å². The van der Waals surface area contributed by atoms with Crippen molar-refractivity contribution < 1.29 is 5.11 Å². The lowest BCUT2D eigenvalue weighted by molar-refractivity contribution is 0.269. The zero-order valence-corrected chi connectivity index (χ0v) is 9.77. The topological polar surface area (TPSA) is 50.1 Å². The molecule has 0 fully saturated rings. The number of hydrogen-bond donors (Lipinski definition) is 2. The third-order valence-electron chi connectivity index (χ3n) is 2.64. The number of nitrogens with zero attached hydrogens (tertiary/aromatic N) is 2. The summed E-state index contributed by atoms with van der Waals surface area (Å²) >= 11 is 0. The average molecular weight is 211 g/mol. The number of rotatable bonds is 6. The van der Waals surface area contributed by atoms with Crippen molar-refractivity contribution in [1.82, 2.24) is 15.1 Å². The predicted molar refractivity (Wildman–Crippen MR) is 60.5 cm³/mol. The molecular formula is C11H21N3O. The molecule has 0 aliphatic rings. The molecule has 0 spiro atoms. The maximum absolute atomic E-state index is 8.74. The Morgan fingerprint density at radius 1 is 1.47 bits per heavy atom. The second-order valence-electron chi connectivity index (χ2n) is 4.25. The smallest absolute Gasteiger partial charge is 0.0640 e. The van der Waals surface area contributed by atoms with Gasteiger partial charge in [0.15, 0.2) is 0 Å². The number of aliphatic hydroxyl groups excluding tert-OH is 1. The zero-order chi connectivity index (χ0) is 11.3. The van der Waals surface area contributed by atoms with Crippen LogP contribution in [0.2, 0.25) is 0 Å². The molecule has 0 bridgehead atoms. The molecule has 4 heteroatoms. The molecule has 2 N–H and O–H groups in total. The van der Waals surface area contributed by atoms with Gasteiger partial charge in [-0.1, -0.05) is 13.8 Å². The van der Waals surface area contributed by atoms with Gasteiger partial charge in [-0.15, -0.1) is 0 Å². The largest absolute Gasteiger partial charge is 0.394 e. The standard InChI is InChI=1S/C11H21N3O/c1-9(2)10(3)12-6-11-7-13-14(8-11)4-5-15/h7-10,12,15H,4-6H2,1-3H3. The summed E-state index contributed by atoms with van der Waals surface area (Å²) in [5.74, 6) is 0.637. The van der Waals surface area contributed by atoms with Crippen LogP contribution in [0, 0.1) is 5.92 Å². The Morgan fingerprint density at radius 2 is 2.20 bits per heavy atom. The summed E-state index contributed by atoms with van der Waals surface area (Å²) < 4.78 is 1.76. The maximum Gasteiger partial charge on any atom is 0.0640 e. The Hall–Kier alpha value is -0.870. The normalized spacial score (nSPS) is 13.4. The molecule has 0 saturated heterocycles. The molecule has 1 atom stereocenters. The van der Waals surface area contributed by atoms with Gasteiger partial charge in [0.25, 0.3) is 0 Å². The van der Waals surface area contributed by atoms with Gasteiger partial charge in [0.2, 0.25) is 0 Å². The Kier molecular flexibility index (Phi) is 4.78. The van der Waals surface area contributed by atoms with Crippen molar-refractivity contribution in [3.63, 3.8) is 0 Å². The van der Waals surface area contributed by atoms with Gasteiger partial charge < -0.3 is 10.4 Å². The monoisotopic (exact) mass is 211 g/mol. The van der Waals surface area contributed by atoms with Crippen molar-refractivity contribution in [2.45, 2.75) is 39.9 Å². The molecule has 15 heavy (non-hydrogen) atoms. The first-order chi connectivity index (χ1) is 7.13. The lowest BCUT2D eigenvalue weighted by atomic mass is 10.1. The lowest BCUT2D eigenvalue weighted by Gasteiger charge is -2.16. The molecular weight excluding hydrogens is 190 g/mol. The molecule has 1 rings (SSSR count). The molecule has 0 aliphatic heterocycles. The molecule has 0 radical (unpaired) electrons. The number of aromatic nitrogens is 2. The summed E-state index contributed by atoms with van der Waals surface area (Å²) in [5.41, 5.74) is 1.16. The Morgan fingerprint density at radius 3 is 2.80 bits per heavy atom. The summed E-state index contributed by atoms with van der Waals surface area (Å²) in [4.78, 5) is 0. The molecule has 0 saturated carbocycles. The lowest BCUT2D eigenvalue weighted by Crippen LogP contribution is -2.30. The van der Waals surface area contributed by atoms with E-state index in [1.807, 2.05) is 12.4 Å². The van der Waals surface area contributed by atoms with E-state index in [2.05, 4.69) is 31.2 Å². The average Bonchev–Trinajstić information content (AvgIpc) is 2.62. The van der Waals surface area contributed by atoms with E-state index >= 15 is 0 Å². The van der Waals surface area contributed by atoms with Gasteiger partial charge in [0.1, 0.15) is 0 Å². The van der Waals surface area contributed by atoms with Crippen LogP contribution in [0.1, 0.15) is 26.3 Å². The van der Waals surface area contributed by atoms with Crippen molar-refractivity contribution >= 4 is 0 Å². The zero-order valence-electron chi connectivity index (χ0n) is 9.77. The second-order valence-corrected chi connectivity index (χ2v) is 4.25.